The Kier molecular flexibility index (Phi) is 10.7. The molecule has 2 N–H and O–H groups in total. The van der Waals surface area contributed by atoms with Gasteiger partial charge in [-0.1, -0.05) is 62.2 Å². The van der Waals surface area contributed by atoms with Crippen molar-refractivity contribution in [1.29, 1.82) is 0 Å². The minimum absolute atomic E-state index is 0.0619. The second-order valence-corrected chi connectivity index (χ2v) is 14.9. The summed E-state index contributed by atoms with van der Waals surface area (Å²) >= 11 is 12.4. The Hall–Kier alpha value is -3.30. The number of aliphatic carboxylic acids is 1. The number of carbonyl (C=O) groups is 4. The molecule has 4 atom stereocenters. The maximum Gasteiger partial charge on any atom is 0.329 e. The topological polar surface area (TPSA) is 122 Å². The first-order valence-corrected chi connectivity index (χ1v) is 16.4. The molecule has 0 radical (unpaired) electrons. The minimum atomic E-state index is -1.17. The Morgan fingerprint density at radius 3 is 2.24 bits per heavy atom. The largest absolute Gasteiger partial charge is 0.489 e. The zero-order valence-electron chi connectivity index (χ0n) is 27.3. The van der Waals surface area contributed by atoms with Crippen LogP contribution in [0.3, 0.4) is 0 Å². The smallest absolute Gasteiger partial charge is 0.329 e. The molecule has 0 aromatic heterocycles. The number of nitrogens with zero attached hydrogens (tertiary/aromatic N) is 1. The molecule has 2 amide bonds. The molecule has 2 fully saturated rings. The Balaban J connectivity index is 1.40. The summed E-state index contributed by atoms with van der Waals surface area (Å²) in [5, 5.41) is 13.7. The van der Waals surface area contributed by atoms with Gasteiger partial charge in [0, 0.05) is 34.5 Å². The van der Waals surface area contributed by atoms with Gasteiger partial charge in [0.05, 0.1) is 5.41 Å². The van der Waals surface area contributed by atoms with Crippen molar-refractivity contribution in [3.05, 3.63) is 63.6 Å². The monoisotopic (exact) mass is 674 g/mol. The van der Waals surface area contributed by atoms with E-state index in [1.807, 2.05) is 20.8 Å². The highest BCUT2D eigenvalue weighted by atomic mass is 35.5. The molecule has 1 heterocycles. The van der Waals surface area contributed by atoms with Gasteiger partial charge in [0.1, 0.15) is 30.0 Å². The average Bonchev–Trinajstić information content (AvgIpc) is 3.55. The molecule has 0 bridgehead atoms. The van der Waals surface area contributed by atoms with E-state index in [-0.39, 0.29) is 18.9 Å². The number of hydrogen-bond donors (Lipinski definition) is 2. The molecule has 11 heteroatoms. The van der Waals surface area contributed by atoms with Crippen molar-refractivity contribution < 1.29 is 33.8 Å². The van der Waals surface area contributed by atoms with E-state index < -0.39 is 52.3 Å². The molecular formula is C35H44Cl2N2O7. The van der Waals surface area contributed by atoms with Gasteiger partial charge in [0.15, 0.2) is 0 Å². The van der Waals surface area contributed by atoms with E-state index in [0.29, 0.717) is 59.1 Å². The third-order valence-corrected chi connectivity index (χ3v) is 10.3. The van der Waals surface area contributed by atoms with Crippen LogP contribution in [0.1, 0.15) is 78.4 Å². The summed E-state index contributed by atoms with van der Waals surface area (Å²) in [5.74, 6) is -2.20. The van der Waals surface area contributed by atoms with Gasteiger partial charge in [-0.2, -0.15) is 0 Å². The van der Waals surface area contributed by atoms with E-state index in [2.05, 4.69) is 5.32 Å². The number of carboxylic acid groups (broad SMARTS) is 1. The number of likely N-dealkylation sites (tertiary alicyclic amines) is 1. The second-order valence-electron chi connectivity index (χ2n) is 14.1. The summed E-state index contributed by atoms with van der Waals surface area (Å²) in [4.78, 5) is 54.5. The molecule has 1 saturated carbocycles. The molecule has 1 aliphatic heterocycles. The fourth-order valence-electron chi connectivity index (χ4n) is 6.54. The highest BCUT2D eigenvalue weighted by Gasteiger charge is 2.60. The maximum absolute atomic E-state index is 14.1. The Morgan fingerprint density at radius 2 is 1.65 bits per heavy atom. The van der Waals surface area contributed by atoms with Crippen molar-refractivity contribution in [2.75, 3.05) is 6.54 Å². The lowest BCUT2D eigenvalue weighted by atomic mass is 9.64. The molecule has 2 aliphatic rings. The van der Waals surface area contributed by atoms with Crippen molar-refractivity contribution in [3.8, 4) is 5.75 Å². The molecule has 9 nitrogen and oxygen atoms in total. The molecular weight excluding hydrogens is 631 g/mol. The number of rotatable bonds is 10. The van der Waals surface area contributed by atoms with Crippen LogP contribution in [0.5, 0.6) is 5.75 Å². The van der Waals surface area contributed by atoms with Crippen LogP contribution < -0.4 is 10.1 Å². The number of hydrogen-bond acceptors (Lipinski definition) is 6. The lowest BCUT2D eigenvalue weighted by molar-refractivity contribution is -0.167. The van der Waals surface area contributed by atoms with Crippen molar-refractivity contribution >= 4 is 47.0 Å². The molecule has 46 heavy (non-hydrogen) atoms. The van der Waals surface area contributed by atoms with E-state index >= 15 is 0 Å². The highest BCUT2D eigenvalue weighted by molar-refractivity contribution is 6.35. The normalized spacial score (nSPS) is 23.1. The fraction of sp³-hybridized carbons (Fsp3) is 0.543. The van der Waals surface area contributed by atoms with Crippen LogP contribution in [0.15, 0.2) is 42.5 Å². The summed E-state index contributed by atoms with van der Waals surface area (Å²) in [6, 6.07) is 10.3. The zero-order chi connectivity index (χ0) is 34.0. The number of nitrogens with one attached hydrogen (secondary N) is 1. The Bertz CT molecular complexity index is 1450. The van der Waals surface area contributed by atoms with Crippen LogP contribution in [-0.4, -0.2) is 58.0 Å². The number of ether oxygens (including phenoxy) is 2. The van der Waals surface area contributed by atoms with Gasteiger partial charge in [-0.3, -0.25) is 9.59 Å². The van der Waals surface area contributed by atoms with Crippen LogP contribution in [0.2, 0.25) is 10.0 Å². The molecule has 2 aromatic rings. The zero-order valence-corrected chi connectivity index (χ0v) is 28.8. The number of benzene rings is 2. The van der Waals surface area contributed by atoms with E-state index in [1.165, 1.54) is 0 Å². The van der Waals surface area contributed by atoms with Gasteiger partial charge < -0.3 is 24.8 Å². The number of halogens is 2. The highest BCUT2D eigenvalue weighted by Crippen LogP contribution is 2.57. The summed E-state index contributed by atoms with van der Waals surface area (Å²) < 4.78 is 11.4. The van der Waals surface area contributed by atoms with Crippen LogP contribution in [0.4, 0.5) is 0 Å². The van der Waals surface area contributed by atoms with Crippen molar-refractivity contribution in [2.45, 2.75) is 97.9 Å². The lowest BCUT2D eigenvalue weighted by Gasteiger charge is -2.43. The molecule has 4 unspecified atom stereocenters. The van der Waals surface area contributed by atoms with Gasteiger partial charge in [0.2, 0.25) is 11.8 Å². The predicted octanol–water partition coefficient (Wildman–Crippen LogP) is 6.46. The quantitative estimate of drug-likeness (QED) is 0.277. The standard InChI is InChI=1S/C35H44Cl2N2O7/c1-33(2,3)46-31(43)28-11-8-18-39(28)32(44)35(6)17-16-24(34(35,4)5)29(40)38-27(30(41)42)19-21-12-14-22(15-13-21)45-20-23-25(36)9-7-10-26(23)37/h7,9-10,12-15,24,27-28H,8,11,16-20H2,1-6H3,(H,38,40)(H,41,42). The summed E-state index contributed by atoms with van der Waals surface area (Å²) in [6.07, 6.45) is 2.14. The van der Waals surface area contributed by atoms with Gasteiger partial charge >= 0.3 is 11.9 Å². The second kappa shape index (κ2) is 13.8. The first-order valence-electron chi connectivity index (χ1n) is 15.7. The fourth-order valence-corrected chi connectivity index (χ4v) is 7.05. The molecule has 250 valence electrons. The summed E-state index contributed by atoms with van der Waals surface area (Å²) in [7, 11) is 0. The Labute approximate surface area is 280 Å². The number of carbonyl (C=O) groups excluding carboxylic acids is 3. The van der Waals surface area contributed by atoms with Gasteiger partial charge in [-0.25, -0.2) is 9.59 Å². The molecule has 4 rings (SSSR count). The van der Waals surface area contributed by atoms with Crippen LogP contribution >= 0.6 is 23.2 Å². The lowest BCUT2D eigenvalue weighted by Crippen LogP contribution is -2.54. The van der Waals surface area contributed by atoms with Gasteiger partial charge in [0.25, 0.3) is 0 Å². The minimum Gasteiger partial charge on any atom is -0.489 e. The van der Waals surface area contributed by atoms with Gasteiger partial charge in [-0.15, -0.1) is 0 Å². The maximum atomic E-state index is 14.1. The van der Waals surface area contributed by atoms with Crippen molar-refractivity contribution in [2.24, 2.45) is 16.7 Å². The molecule has 1 aliphatic carbocycles. The van der Waals surface area contributed by atoms with E-state index in [4.69, 9.17) is 32.7 Å². The molecule has 2 aromatic carbocycles. The third-order valence-electron chi connectivity index (χ3n) is 9.63. The predicted molar refractivity (Wildman–Crippen MR) is 176 cm³/mol. The van der Waals surface area contributed by atoms with Crippen molar-refractivity contribution in [3.63, 3.8) is 0 Å². The first kappa shape index (κ1) is 35.6. The Morgan fingerprint density at radius 1 is 1.02 bits per heavy atom. The van der Waals surface area contributed by atoms with Gasteiger partial charge in [-0.05, 0) is 81.7 Å². The average molecular weight is 676 g/mol. The van der Waals surface area contributed by atoms with Crippen LogP contribution in [0.25, 0.3) is 0 Å². The van der Waals surface area contributed by atoms with E-state index in [9.17, 15) is 24.3 Å². The molecule has 1 saturated heterocycles. The summed E-state index contributed by atoms with van der Waals surface area (Å²) in [5.41, 5.74) is -1.04. The molecule has 0 spiro atoms. The first-order chi connectivity index (χ1) is 21.4. The van der Waals surface area contributed by atoms with Crippen LogP contribution in [0, 0.1) is 16.7 Å². The SMILES string of the molecule is CC(C)(C)OC(=O)C1CCCN1C(=O)C1(C)CCC(C(=O)NC(Cc2ccc(OCc3c(Cl)cccc3Cl)cc2)C(=O)O)C1(C)C. The third kappa shape index (κ3) is 7.63. The van der Waals surface area contributed by atoms with E-state index in [0.717, 1.165) is 0 Å². The summed E-state index contributed by atoms with van der Waals surface area (Å²) in [6.45, 7) is 11.6. The number of carboxylic acids is 1. The number of amides is 2. The van der Waals surface area contributed by atoms with Crippen LogP contribution in [-0.2, 0) is 36.9 Å². The van der Waals surface area contributed by atoms with E-state index in [1.54, 1.807) is 68.1 Å². The number of esters is 1. The van der Waals surface area contributed by atoms with Crippen molar-refractivity contribution in [1.82, 2.24) is 10.2 Å².